The number of likely N-dealkylation sites (N-methyl/N-ethyl adjacent to an activating group) is 1. The van der Waals surface area contributed by atoms with Gasteiger partial charge in [0, 0.05) is 17.8 Å². The molecular formula is C11H13ClN2O3. The average Bonchev–Trinajstić information content (AvgIpc) is 2.30. The zero-order valence-corrected chi connectivity index (χ0v) is 10.2. The first-order valence-corrected chi connectivity index (χ1v) is 5.32. The van der Waals surface area contributed by atoms with Crippen LogP contribution in [0.4, 0.5) is 10.5 Å². The highest BCUT2D eigenvalue weighted by Crippen LogP contribution is 2.14. The molecule has 0 saturated carbocycles. The first-order valence-electron chi connectivity index (χ1n) is 4.94. The Morgan fingerprint density at radius 1 is 1.35 bits per heavy atom. The van der Waals surface area contributed by atoms with E-state index in [1.807, 2.05) is 0 Å². The van der Waals surface area contributed by atoms with Crippen LogP contribution in [0.5, 0.6) is 0 Å². The van der Waals surface area contributed by atoms with Gasteiger partial charge in [0.1, 0.15) is 6.04 Å². The van der Waals surface area contributed by atoms with Gasteiger partial charge in [0.15, 0.2) is 0 Å². The van der Waals surface area contributed by atoms with Crippen molar-refractivity contribution in [2.45, 2.75) is 13.0 Å². The summed E-state index contributed by atoms with van der Waals surface area (Å²) in [7, 11) is 1.42. The third kappa shape index (κ3) is 3.64. The Kier molecular flexibility index (Phi) is 4.34. The maximum atomic E-state index is 11.7. The Balaban J connectivity index is 2.66. The lowest BCUT2D eigenvalue weighted by atomic mass is 10.3. The molecule has 0 aliphatic heterocycles. The maximum absolute atomic E-state index is 11.7. The number of halogens is 1. The van der Waals surface area contributed by atoms with Gasteiger partial charge in [0.05, 0.1) is 0 Å². The van der Waals surface area contributed by atoms with Gasteiger partial charge < -0.3 is 15.3 Å². The van der Waals surface area contributed by atoms with Crippen molar-refractivity contribution in [2.24, 2.45) is 0 Å². The van der Waals surface area contributed by atoms with E-state index in [1.165, 1.54) is 14.0 Å². The standard InChI is InChI=1S/C11H13ClN2O3/c1-7(10(15)16)14(2)11(17)13-9-5-3-8(12)4-6-9/h3-7H,1-2H3,(H,13,17)(H,15,16). The van der Waals surface area contributed by atoms with Crippen LogP contribution in [0, 0.1) is 0 Å². The third-order valence-corrected chi connectivity index (χ3v) is 2.61. The van der Waals surface area contributed by atoms with Gasteiger partial charge in [0.25, 0.3) is 0 Å². The Hall–Kier alpha value is -1.75. The molecule has 0 spiro atoms. The van der Waals surface area contributed by atoms with Gasteiger partial charge in [-0.05, 0) is 31.2 Å². The van der Waals surface area contributed by atoms with Crippen molar-refractivity contribution in [3.05, 3.63) is 29.3 Å². The number of carbonyl (C=O) groups excluding carboxylic acids is 1. The van der Waals surface area contributed by atoms with E-state index in [2.05, 4.69) is 5.32 Å². The number of hydrogen-bond donors (Lipinski definition) is 2. The smallest absolute Gasteiger partial charge is 0.326 e. The van der Waals surface area contributed by atoms with Crippen LogP contribution >= 0.6 is 11.6 Å². The van der Waals surface area contributed by atoms with Gasteiger partial charge in [-0.2, -0.15) is 0 Å². The maximum Gasteiger partial charge on any atom is 0.326 e. The van der Waals surface area contributed by atoms with E-state index in [0.717, 1.165) is 4.90 Å². The van der Waals surface area contributed by atoms with Crippen molar-refractivity contribution in [2.75, 3.05) is 12.4 Å². The molecule has 6 heteroatoms. The minimum atomic E-state index is -1.06. The van der Waals surface area contributed by atoms with Crippen molar-refractivity contribution in [3.63, 3.8) is 0 Å². The Morgan fingerprint density at radius 3 is 2.35 bits per heavy atom. The second kappa shape index (κ2) is 5.54. The average molecular weight is 257 g/mol. The summed E-state index contributed by atoms with van der Waals surface area (Å²) in [6, 6.07) is 5.18. The van der Waals surface area contributed by atoms with E-state index < -0.39 is 18.0 Å². The van der Waals surface area contributed by atoms with E-state index >= 15 is 0 Å². The SMILES string of the molecule is CC(C(=O)O)N(C)C(=O)Nc1ccc(Cl)cc1. The molecule has 0 saturated heterocycles. The van der Waals surface area contributed by atoms with Crippen molar-refractivity contribution in [3.8, 4) is 0 Å². The predicted octanol–water partition coefficient (Wildman–Crippen LogP) is 2.28. The van der Waals surface area contributed by atoms with Crippen LogP contribution in [0.2, 0.25) is 5.02 Å². The number of nitrogens with zero attached hydrogens (tertiary/aromatic N) is 1. The van der Waals surface area contributed by atoms with Gasteiger partial charge in [0.2, 0.25) is 0 Å². The summed E-state index contributed by atoms with van der Waals surface area (Å²) in [5, 5.41) is 11.9. The fourth-order valence-electron chi connectivity index (χ4n) is 1.09. The Bertz CT molecular complexity index is 419. The molecule has 0 aliphatic rings. The molecule has 17 heavy (non-hydrogen) atoms. The van der Waals surface area contributed by atoms with Crippen LogP contribution in [0.1, 0.15) is 6.92 Å². The molecule has 2 N–H and O–H groups in total. The first-order chi connectivity index (χ1) is 7.91. The van der Waals surface area contributed by atoms with Gasteiger partial charge >= 0.3 is 12.0 Å². The highest BCUT2D eigenvalue weighted by Gasteiger charge is 2.21. The van der Waals surface area contributed by atoms with Crippen molar-refractivity contribution >= 4 is 29.3 Å². The van der Waals surface area contributed by atoms with Crippen LogP contribution in [0.3, 0.4) is 0 Å². The molecular weight excluding hydrogens is 244 g/mol. The molecule has 1 atom stereocenters. The Morgan fingerprint density at radius 2 is 1.88 bits per heavy atom. The molecule has 2 amide bonds. The fourth-order valence-corrected chi connectivity index (χ4v) is 1.21. The molecule has 0 heterocycles. The number of carboxylic acids is 1. The lowest BCUT2D eigenvalue weighted by molar-refractivity contribution is -0.141. The van der Waals surface area contributed by atoms with Crippen molar-refractivity contribution < 1.29 is 14.7 Å². The number of hydrogen-bond acceptors (Lipinski definition) is 2. The zero-order valence-electron chi connectivity index (χ0n) is 9.48. The van der Waals surface area contributed by atoms with E-state index in [9.17, 15) is 9.59 Å². The van der Waals surface area contributed by atoms with Crippen LogP contribution in [-0.2, 0) is 4.79 Å². The molecule has 0 bridgehead atoms. The number of anilines is 1. The molecule has 1 aromatic carbocycles. The second-order valence-corrected chi connectivity index (χ2v) is 4.00. The number of benzene rings is 1. The molecule has 0 aliphatic carbocycles. The molecule has 1 aromatic rings. The van der Waals surface area contributed by atoms with E-state index in [0.29, 0.717) is 10.7 Å². The second-order valence-electron chi connectivity index (χ2n) is 3.56. The summed E-state index contributed by atoms with van der Waals surface area (Å²) in [6.07, 6.45) is 0. The summed E-state index contributed by atoms with van der Waals surface area (Å²) in [6.45, 7) is 1.43. The predicted molar refractivity (Wildman–Crippen MR) is 65.3 cm³/mol. The number of amides is 2. The fraction of sp³-hybridized carbons (Fsp3) is 0.273. The summed E-state index contributed by atoms with van der Waals surface area (Å²) in [4.78, 5) is 23.5. The molecule has 5 nitrogen and oxygen atoms in total. The van der Waals surface area contributed by atoms with Crippen LogP contribution in [0.25, 0.3) is 0 Å². The first kappa shape index (κ1) is 13.3. The van der Waals surface area contributed by atoms with Gasteiger partial charge in [-0.25, -0.2) is 9.59 Å². The minimum Gasteiger partial charge on any atom is -0.480 e. The summed E-state index contributed by atoms with van der Waals surface area (Å²) >= 11 is 5.70. The van der Waals surface area contributed by atoms with E-state index in [4.69, 9.17) is 16.7 Å². The van der Waals surface area contributed by atoms with Crippen LogP contribution < -0.4 is 5.32 Å². The number of carboxylic acid groups (broad SMARTS) is 1. The number of rotatable bonds is 3. The summed E-state index contributed by atoms with van der Waals surface area (Å²) < 4.78 is 0. The zero-order chi connectivity index (χ0) is 13.0. The van der Waals surface area contributed by atoms with E-state index in [1.54, 1.807) is 24.3 Å². The highest BCUT2D eigenvalue weighted by molar-refractivity contribution is 6.30. The molecule has 92 valence electrons. The van der Waals surface area contributed by atoms with Gasteiger partial charge in [-0.3, -0.25) is 0 Å². The topological polar surface area (TPSA) is 69.6 Å². The largest absolute Gasteiger partial charge is 0.480 e. The molecule has 0 fully saturated rings. The number of nitrogens with one attached hydrogen (secondary N) is 1. The molecule has 0 aromatic heterocycles. The van der Waals surface area contributed by atoms with Crippen molar-refractivity contribution in [1.82, 2.24) is 4.90 Å². The lowest BCUT2D eigenvalue weighted by Crippen LogP contribution is -2.42. The molecule has 1 unspecified atom stereocenters. The quantitative estimate of drug-likeness (QED) is 0.872. The highest BCUT2D eigenvalue weighted by atomic mass is 35.5. The normalized spacial score (nSPS) is 11.7. The number of aliphatic carboxylic acids is 1. The third-order valence-electron chi connectivity index (χ3n) is 2.35. The Labute approximate surface area is 104 Å². The monoisotopic (exact) mass is 256 g/mol. The van der Waals surface area contributed by atoms with E-state index in [-0.39, 0.29) is 0 Å². The van der Waals surface area contributed by atoms with Crippen molar-refractivity contribution in [1.29, 1.82) is 0 Å². The minimum absolute atomic E-state index is 0.484. The number of urea groups is 1. The van der Waals surface area contributed by atoms with Crippen LogP contribution in [-0.4, -0.2) is 35.1 Å². The van der Waals surface area contributed by atoms with Gasteiger partial charge in [-0.15, -0.1) is 0 Å². The van der Waals surface area contributed by atoms with Gasteiger partial charge in [-0.1, -0.05) is 11.6 Å². The molecule has 1 rings (SSSR count). The lowest BCUT2D eigenvalue weighted by Gasteiger charge is -2.21. The summed E-state index contributed by atoms with van der Waals surface area (Å²) in [5.41, 5.74) is 0.559. The van der Waals surface area contributed by atoms with Crippen LogP contribution in [0.15, 0.2) is 24.3 Å². The summed E-state index contributed by atoms with van der Waals surface area (Å²) in [5.74, 6) is -1.06. The molecule has 0 radical (unpaired) electrons. The number of carbonyl (C=O) groups is 2.